The van der Waals surface area contributed by atoms with Crippen molar-refractivity contribution in [3.8, 4) is 0 Å². The Bertz CT molecular complexity index is 989. The molecule has 0 radical (unpaired) electrons. The van der Waals surface area contributed by atoms with Crippen LogP contribution in [0.4, 0.5) is 0 Å². The summed E-state index contributed by atoms with van der Waals surface area (Å²) in [6.07, 6.45) is 0.142. The first-order valence-corrected chi connectivity index (χ1v) is 14.0. The van der Waals surface area contributed by atoms with Gasteiger partial charge in [0.05, 0.1) is 84.9 Å². The molecular formula is C27H43N3O13. The molecule has 0 amide bonds. The number of aromatic nitrogens is 3. The Balaban J connectivity index is 1.69. The Morgan fingerprint density at radius 2 is 1.42 bits per heavy atom. The summed E-state index contributed by atoms with van der Waals surface area (Å²) < 4.78 is 50.7. The van der Waals surface area contributed by atoms with E-state index in [4.69, 9.17) is 47.7 Å². The highest BCUT2D eigenvalue weighted by molar-refractivity contribution is 5.68. The summed E-state index contributed by atoms with van der Waals surface area (Å²) in [5.41, 5.74) is 0.656. The summed E-state index contributed by atoms with van der Waals surface area (Å²) in [5.74, 6) is -1.89. The maximum Gasteiger partial charge on any atom is 0.303 e. The molecule has 244 valence electrons. The summed E-state index contributed by atoms with van der Waals surface area (Å²) in [7, 11) is 0. The van der Waals surface area contributed by atoms with Crippen molar-refractivity contribution in [3.05, 3.63) is 24.0 Å². The van der Waals surface area contributed by atoms with Crippen molar-refractivity contribution >= 4 is 17.9 Å². The van der Waals surface area contributed by atoms with Crippen molar-refractivity contribution in [2.75, 3.05) is 59.5 Å². The molecule has 1 fully saturated rings. The fourth-order valence-electron chi connectivity index (χ4n) is 3.90. The van der Waals surface area contributed by atoms with Gasteiger partial charge in [0.25, 0.3) is 0 Å². The third-order valence-electron chi connectivity index (χ3n) is 5.65. The molecular weight excluding hydrogens is 574 g/mol. The van der Waals surface area contributed by atoms with Crippen LogP contribution in [0.2, 0.25) is 0 Å². The van der Waals surface area contributed by atoms with Crippen LogP contribution in [-0.4, -0.2) is 128 Å². The average Bonchev–Trinajstić information content (AvgIpc) is 3.40. The van der Waals surface area contributed by atoms with E-state index in [1.807, 2.05) is 0 Å². The van der Waals surface area contributed by atoms with Crippen LogP contribution < -0.4 is 0 Å². The van der Waals surface area contributed by atoms with Gasteiger partial charge in [0.1, 0.15) is 5.69 Å². The van der Waals surface area contributed by atoms with Gasteiger partial charge in [0.2, 0.25) is 0 Å². The molecule has 1 saturated heterocycles. The zero-order valence-electron chi connectivity index (χ0n) is 25.1. The van der Waals surface area contributed by atoms with E-state index in [1.54, 1.807) is 30.0 Å². The van der Waals surface area contributed by atoms with Gasteiger partial charge in [-0.25, -0.2) is 4.68 Å². The van der Waals surface area contributed by atoms with Crippen molar-refractivity contribution in [2.45, 2.75) is 71.6 Å². The monoisotopic (exact) mass is 617 g/mol. The first-order valence-electron chi connectivity index (χ1n) is 14.0. The molecule has 2 unspecified atom stereocenters. The van der Waals surface area contributed by atoms with Crippen LogP contribution in [0.15, 0.2) is 18.3 Å². The van der Waals surface area contributed by atoms with E-state index in [0.717, 1.165) is 0 Å². The highest BCUT2D eigenvalue weighted by atomic mass is 16.7. The minimum absolute atomic E-state index is 0.00476. The Morgan fingerprint density at radius 1 is 0.837 bits per heavy atom. The van der Waals surface area contributed by atoms with Gasteiger partial charge in [-0.1, -0.05) is 17.4 Å². The molecule has 0 spiro atoms. The average molecular weight is 618 g/mol. The largest absolute Gasteiger partial charge is 0.456 e. The number of aliphatic hydroxyl groups excluding tert-OH is 1. The predicted octanol–water partition coefficient (Wildman–Crippen LogP) is -0.0505. The number of carbonyl (C=O) groups is 3. The minimum atomic E-state index is -1.16. The van der Waals surface area contributed by atoms with E-state index in [-0.39, 0.29) is 26.4 Å². The summed E-state index contributed by atoms with van der Waals surface area (Å²) in [4.78, 5) is 35.1. The van der Waals surface area contributed by atoms with Gasteiger partial charge < -0.3 is 47.7 Å². The lowest BCUT2D eigenvalue weighted by molar-refractivity contribution is -0.298. The van der Waals surface area contributed by atoms with Gasteiger partial charge in [-0.2, -0.15) is 0 Å². The summed E-state index contributed by atoms with van der Waals surface area (Å²) in [6, 6.07) is 0. The Labute approximate surface area is 250 Å². The maximum absolute atomic E-state index is 11.8. The van der Waals surface area contributed by atoms with Crippen molar-refractivity contribution < 1.29 is 62.1 Å². The van der Waals surface area contributed by atoms with Crippen LogP contribution >= 0.6 is 0 Å². The molecule has 1 aliphatic rings. The van der Waals surface area contributed by atoms with Crippen LogP contribution in [-0.2, 0) is 70.2 Å². The van der Waals surface area contributed by atoms with Gasteiger partial charge in [-0.15, -0.1) is 5.10 Å². The molecule has 0 bridgehead atoms. The quantitative estimate of drug-likeness (QED) is 0.0837. The predicted molar refractivity (Wildman–Crippen MR) is 145 cm³/mol. The number of aliphatic hydroxyl groups is 1. The molecule has 43 heavy (non-hydrogen) atoms. The Hall–Kier alpha value is -2.99. The summed E-state index contributed by atoms with van der Waals surface area (Å²) in [5, 5.41) is 16.7. The van der Waals surface area contributed by atoms with E-state index in [2.05, 4.69) is 10.3 Å². The lowest BCUT2D eigenvalue weighted by atomic mass is 9.99. The number of nitrogens with zero attached hydrogens (tertiary/aromatic N) is 3. The van der Waals surface area contributed by atoms with E-state index >= 15 is 0 Å². The van der Waals surface area contributed by atoms with Crippen LogP contribution in [0.3, 0.4) is 0 Å². The van der Waals surface area contributed by atoms with Gasteiger partial charge >= 0.3 is 17.9 Å². The Kier molecular flexibility index (Phi) is 17.5. The van der Waals surface area contributed by atoms with Crippen molar-refractivity contribution in [2.24, 2.45) is 0 Å². The van der Waals surface area contributed by atoms with Gasteiger partial charge in [0.15, 0.2) is 24.6 Å². The van der Waals surface area contributed by atoms with E-state index in [0.29, 0.717) is 51.9 Å². The van der Waals surface area contributed by atoms with E-state index in [1.165, 1.54) is 20.8 Å². The Morgan fingerprint density at radius 3 is 2.07 bits per heavy atom. The number of carbonyl (C=O) groups excluding carboxylic acids is 3. The van der Waals surface area contributed by atoms with Gasteiger partial charge in [0, 0.05) is 20.8 Å². The van der Waals surface area contributed by atoms with Crippen LogP contribution in [0.5, 0.6) is 0 Å². The molecule has 5 atom stereocenters. The van der Waals surface area contributed by atoms with Crippen molar-refractivity contribution in [1.29, 1.82) is 0 Å². The first kappa shape index (κ1) is 36.2. The van der Waals surface area contributed by atoms with E-state index < -0.39 is 48.6 Å². The van der Waals surface area contributed by atoms with E-state index in [9.17, 15) is 14.4 Å². The molecule has 0 aliphatic carbocycles. The first-order chi connectivity index (χ1) is 20.7. The van der Waals surface area contributed by atoms with Crippen molar-refractivity contribution in [3.63, 3.8) is 0 Å². The van der Waals surface area contributed by atoms with Crippen LogP contribution in [0.1, 0.15) is 33.4 Å². The minimum Gasteiger partial charge on any atom is -0.456 e. The second-order valence-electron chi connectivity index (χ2n) is 9.29. The lowest BCUT2D eigenvalue weighted by Crippen LogP contribution is -2.61. The topological polar surface area (TPSA) is 185 Å². The molecule has 0 aromatic carbocycles. The zero-order valence-corrected chi connectivity index (χ0v) is 25.1. The highest BCUT2D eigenvalue weighted by Gasteiger charge is 2.50. The highest BCUT2D eigenvalue weighted by Crippen LogP contribution is 2.29. The smallest absolute Gasteiger partial charge is 0.303 e. The second-order valence-corrected chi connectivity index (χ2v) is 9.29. The zero-order chi connectivity index (χ0) is 31.5. The summed E-state index contributed by atoms with van der Waals surface area (Å²) in [6.45, 7) is 8.87. The molecule has 2 rings (SSSR count). The molecule has 2 heterocycles. The third kappa shape index (κ3) is 14.8. The van der Waals surface area contributed by atoms with Gasteiger partial charge in [-0.3, -0.25) is 14.4 Å². The molecule has 1 N–H and O–H groups in total. The maximum atomic E-state index is 11.8. The molecule has 16 heteroatoms. The van der Waals surface area contributed by atoms with Crippen LogP contribution in [0.25, 0.3) is 0 Å². The number of ether oxygens (including phenoxy) is 9. The standard InChI is InChI=1S/C27H43N3O13/c1-19-24(41-20(2)32)25(42-21(3)33)26(43-22(4)34)27(40-19)39-10-6-5-9-38-18-23-17-30(29-28-23)7-11-35-13-15-37-16-14-36-12-8-31/h5-6,17,19,24-27,31H,7-16,18H2,1-4H3/b6-5-/t19?,24-,25+,26?,27-/m1/s1. The third-order valence-corrected chi connectivity index (χ3v) is 5.65. The lowest BCUT2D eigenvalue weighted by Gasteiger charge is -2.43. The SMILES string of the molecule is CC(=O)OC1[C@H](OC/C=C\COCc2cn(CCOCCOCCOCCO)nn2)OC(C)[C@@H](OC(C)=O)[C@@H]1OC(C)=O. The molecule has 1 aromatic heterocycles. The van der Waals surface area contributed by atoms with Gasteiger partial charge in [-0.05, 0) is 6.92 Å². The fourth-order valence-corrected chi connectivity index (χ4v) is 3.90. The fraction of sp³-hybridized carbons (Fsp3) is 0.741. The molecule has 0 saturated carbocycles. The number of rotatable bonds is 21. The summed E-state index contributed by atoms with van der Waals surface area (Å²) >= 11 is 0. The number of esters is 3. The molecule has 1 aromatic rings. The van der Waals surface area contributed by atoms with Crippen molar-refractivity contribution in [1.82, 2.24) is 15.0 Å². The molecule has 16 nitrogen and oxygen atoms in total. The number of hydrogen-bond acceptors (Lipinski definition) is 15. The normalized spacial score (nSPS) is 22.0. The molecule has 1 aliphatic heterocycles. The van der Waals surface area contributed by atoms with Crippen LogP contribution in [0, 0.1) is 0 Å². The number of hydrogen-bond donors (Lipinski definition) is 1. The second kappa shape index (κ2) is 20.8.